The van der Waals surface area contributed by atoms with E-state index < -0.39 is 4.92 Å². The van der Waals surface area contributed by atoms with E-state index in [2.05, 4.69) is 4.98 Å². The Kier molecular flexibility index (Phi) is 3.99. The smallest absolute Gasteiger partial charge is 0.292 e. The zero-order chi connectivity index (χ0) is 11.4. The number of hydrogen-bond acceptors (Lipinski definition) is 4. The van der Waals surface area contributed by atoms with Gasteiger partial charge in [-0.3, -0.25) is 15.1 Å². The predicted molar refractivity (Wildman–Crippen MR) is 57.9 cm³/mol. The molecule has 1 rings (SSSR count). The van der Waals surface area contributed by atoms with Crippen molar-refractivity contribution in [1.29, 1.82) is 0 Å². The molecule has 0 fully saturated rings. The van der Waals surface area contributed by atoms with Gasteiger partial charge in [-0.1, -0.05) is 18.5 Å². The van der Waals surface area contributed by atoms with Crippen LogP contribution in [0.4, 0.5) is 5.69 Å². The van der Waals surface area contributed by atoms with Crippen molar-refractivity contribution in [2.75, 3.05) is 0 Å². The van der Waals surface area contributed by atoms with Crippen molar-refractivity contribution in [1.82, 2.24) is 4.98 Å². The van der Waals surface area contributed by atoms with Crippen molar-refractivity contribution < 1.29 is 4.92 Å². The highest BCUT2D eigenvalue weighted by molar-refractivity contribution is 6.30. The molecular weight excluding hydrogens is 218 g/mol. The summed E-state index contributed by atoms with van der Waals surface area (Å²) < 4.78 is 0. The van der Waals surface area contributed by atoms with Crippen LogP contribution in [0.25, 0.3) is 0 Å². The van der Waals surface area contributed by atoms with E-state index in [1.807, 2.05) is 6.92 Å². The fourth-order valence-corrected chi connectivity index (χ4v) is 1.32. The Morgan fingerprint density at radius 2 is 2.40 bits per heavy atom. The number of halogens is 1. The molecule has 0 aromatic carbocycles. The molecule has 0 spiro atoms. The van der Waals surface area contributed by atoms with Crippen molar-refractivity contribution in [2.24, 2.45) is 5.73 Å². The Morgan fingerprint density at radius 3 is 2.93 bits per heavy atom. The van der Waals surface area contributed by atoms with Crippen LogP contribution in [0.3, 0.4) is 0 Å². The first-order valence-electron chi connectivity index (χ1n) is 4.59. The molecule has 15 heavy (non-hydrogen) atoms. The second kappa shape index (κ2) is 5.04. The monoisotopic (exact) mass is 229 g/mol. The zero-order valence-corrected chi connectivity index (χ0v) is 9.07. The van der Waals surface area contributed by atoms with Gasteiger partial charge in [0.1, 0.15) is 5.69 Å². The number of nitro groups is 1. The summed E-state index contributed by atoms with van der Waals surface area (Å²) in [6.45, 7) is 1.92. The van der Waals surface area contributed by atoms with Crippen molar-refractivity contribution in [3.05, 3.63) is 33.1 Å². The summed E-state index contributed by atoms with van der Waals surface area (Å²) in [6.07, 6.45) is 2.54. The topological polar surface area (TPSA) is 82.0 Å². The van der Waals surface area contributed by atoms with Gasteiger partial charge in [0.25, 0.3) is 5.69 Å². The van der Waals surface area contributed by atoms with Crippen LogP contribution in [0.1, 0.15) is 19.0 Å². The van der Waals surface area contributed by atoms with Crippen LogP contribution in [0.5, 0.6) is 0 Å². The van der Waals surface area contributed by atoms with Crippen molar-refractivity contribution in [3.63, 3.8) is 0 Å². The maximum absolute atomic E-state index is 10.7. The van der Waals surface area contributed by atoms with Gasteiger partial charge in [0, 0.05) is 24.7 Å². The molecule has 0 aliphatic heterocycles. The van der Waals surface area contributed by atoms with Gasteiger partial charge in [0.2, 0.25) is 0 Å². The summed E-state index contributed by atoms with van der Waals surface area (Å²) >= 11 is 5.63. The Balaban J connectivity index is 3.01. The first-order valence-corrected chi connectivity index (χ1v) is 4.96. The number of rotatable bonds is 4. The largest absolute Gasteiger partial charge is 0.327 e. The fraction of sp³-hybridized carbons (Fsp3) is 0.444. The van der Waals surface area contributed by atoms with E-state index in [9.17, 15) is 10.1 Å². The lowest BCUT2D eigenvalue weighted by Gasteiger charge is -2.07. The van der Waals surface area contributed by atoms with E-state index in [4.69, 9.17) is 17.3 Å². The van der Waals surface area contributed by atoms with Gasteiger partial charge >= 0.3 is 0 Å². The van der Waals surface area contributed by atoms with Crippen LogP contribution < -0.4 is 5.73 Å². The van der Waals surface area contributed by atoms with E-state index in [1.54, 1.807) is 0 Å². The van der Waals surface area contributed by atoms with Crippen LogP contribution in [-0.2, 0) is 6.42 Å². The quantitative estimate of drug-likeness (QED) is 0.632. The van der Waals surface area contributed by atoms with Gasteiger partial charge in [0.15, 0.2) is 0 Å². The molecule has 0 amide bonds. The van der Waals surface area contributed by atoms with Crippen LogP contribution >= 0.6 is 11.6 Å². The molecule has 1 aromatic heterocycles. The van der Waals surface area contributed by atoms with E-state index in [-0.39, 0.29) is 16.8 Å². The molecule has 1 unspecified atom stereocenters. The molecule has 1 atom stereocenters. The Labute approximate surface area is 92.4 Å². The molecule has 0 aliphatic carbocycles. The lowest BCUT2D eigenvalue weighted by molar-refractivity contribution is -0.385. The normalized spacial score (nSPS) is 12.5. The first-order chi connectivity index (χ1) is 7.04. The summed E-state index contributed by atoms with van der Waals surface area (Å²) in [5.41, 5.74) is 6.04. The number of nitrogens with two attached hydrogens (primary N) is 1. The molecule has 0 saturated carbocycles. The van der Waals surface area contributed by atoms with Gasteiger partial charge in [-0.15, -0.1) is 0 Å². The maximum Gasteiger partial charge on any atom is 0.292 e. The number of pyridine rings is 1. The van der Waals surface area contributed by atoms with Crippen LogP contribution in [-0.4, -0.2) is 15.9 Å². The molecule has 0 radical (unpaired) electrons. The van der Waals surface area contributed by atoms with Gasteiger partial charge in [-0.05, 0) is 6.42 Å². The van der Waals surface area contributed by atoms with E-state index in [0.29, 0.717) is 12.1 Å². The predicted octanol–water partition coefficient (Wildman–Crippen LogP) is 1.92. The number of aromatic nitrogens is 1. The highest BCUT2D eigenvalue weighted by Crippen LogP contribution is 2.21. The van der Waals surface area contributed by atoms with Gasteiger partial charge in [-0.25, -0.2) is 0 Å². The second-order valence-corrected chi connectivity index (χ2v) is 3.69. The fourth-order valence-electron chi connectivity index (χ4n) is 1.16. The maximum atomic E-state index is 10.7. The van der Waals surface area contributed by atoms with E-state index >= 15 is 0 Å². The molecule has 6 heteroatoms. The third-order valence-corrected chi connectivity index (χ3v) is 2.30. The van der Waals surface area contributed by atoms with Gasteiger partial charge < -0.3 is 5.73 Å². The molecule has 2 N–H and O–H groups in total. The lowest BCUT2D eigenvalue weighted by atomic mass is 10.1. The summed E-state index contributed by atoms with van der Waals surface area (Å²) in [5.74, 6) is 0. The van der Waals surface area contributed by atoms with Crippen LogP contribution in [0.15, 0.2) is 12.3 Å². The van der Waals surface area contributed by atoms with Gasteiger partial charge in [-0.2, -0.15) is 0 Å². The second-order valence-electron chi connectivity index (χ2n) is 3.25. The Hall–Kier alpha value is -1.20. The van der Waals surface area contributed by atoms with Crippen LogP contribution in [0.2, 0.25) is 5.02 Å². The SMILES string of the molecule is CCC(N)Cc1ncc(Cl)cc1[N+](=O)[O-]. The first kappa shape index (κ1) is 11.9. The average Bonchev–Trinajstić information content (AvgIpc) is 2.20. The highest BCUT2D eigenvalue weighted by Gasteiger charge is 2.17. The molecule has 0 bridgehead atoms. The minimum Gasteiger partial charge on any atom is -0.327 e. The molecule has 82 valence electrons. The average molecular weight is 230 g/mol. The molecule has 0 saturated heterocycles. The summed E-state index contributed by atoms with van der Waals surface area (Å²) in [6, 6.07) is 1.18. The van der Waals surface area contributed by atoms with Crippen molar-refractivity contribution in [2.45, 2.75) is 25.8 Å². The minimum absolute atomic E-state index is 0.0635. The third kappa shape index (κ3) is 3.14. The van der Waals surface area contributed by atoms with Gasteiger partial charge in [0.05, 0.1) is 9.95 Å². The number of nitrogens with zero attached hydrogens (tertiary/aromatic N) is 2. The Bertz CT molecular complexity index is 370. The molecule has 1 heterocycles. The summed E-state index contributed by atoms with van der Waals surface area (Å²) in [7, 11) is 0. The standard InChI is InChI=1S/C9H12ClN3O2/c1-2-7(11)4-8-9(13(14)15)3-6(10)5-12-8/h3,5,7H,2,4,11H2,1H3. The zero-order valence-electron chi connectivity index (χ0n) is 8.31. The summed E-state index contributed by atoms with van der Waals surface area (Å²) in [4.78, 5) is 14.2. The van der Waals surface area contributed by atoms with Crippen molar-refractivity contribution >= 4 is 17.3 Å². The minimum atomic E-state index is -0.489. The molecule has 0 aliphatic rings. The summed E-state index contributed by atoms with van der Waals surface area (Å²) in [5, 5.41) is 11.0. The molecule has 5 nitrogen and oxygen atoms in total. The molecular formula is C9H12ClN3O2. The lowest BCUT2D eigenvalue weighted by Crippen LogP contribution is -2.22. The number of hydrogen-bond donors (Lipinski definition) is 1. The molecule has 1 aromatic rings. The third-order valence-electron chi connectivity index (χ3n) is 2.09. The Morgan fingerprint density at radius 1 is 1.73 bits per heavy atom. The van der Waals surface area contributed by atoms with Crippen LogP contribution in [0, 0.1) is 10.1 Å². The van der Waals surface area contributed by atoms with Crippen molar-refractivity contribution in [3.8, 4) is 0 Å². The van der Waals surface area contributed by atoms with E-state index in [1.165, 1.54) is 12.3 Å². The highest BCUT2D eigenvalue weighted by atomic mass is 35.5. The van der Waals surface area contributed by atoms with E-state index in [0.717, 1.165) is 6.42 Å².